The summed E-state index contributed by atoms with van der Waals surface area (Å²) < 4.78 is 11.2. The molecule has 3 aliphatic carbocycles. The van der Waals surface area contributed by atoms with Crippen molar-refractivity contribution >= 4 is 11.9 Å². The Morgan fingerprint density at radius 2 is 2.03 bits per heavy atom. The molecule has 1 aromatic rings. The predicted octanol–water partition coefficient (Wildman–Crippen LogP) is 2.78. The number of ether oxygens (including phenoxy) is 2. The number of carboxylic acids is 1. The van der Waals surface area contributed by atoms with Crippen LogP contribution in [0.25, 0.3) is 0 Å². The third kappa shape index (κ3) is 5.26. The van der Waals surface area contributed by atoms with Crippen LogP contribution in [0.15, 0.2) is 18.2 Å². The molecule has 0 radical (unpaired) electrons. The normalized spacial score (nSPS) is 29.4. The number of aliphatic hydroxyl groups is 1. The number of aliphatic hydroxyl groups excluding tert-OH is 1. The summed E-state index contributed by atoms with van der Waals surface area (Å²) in [7, 11) is 1.79. The van der Waals surface area contributed by atoms with E-state index in [1.807, 2.05) is 12.1 Å². The van der Waals surface area contributed by atoms with Crippen molar-refractivity contribution in [3.05, 3.63) is 29.3 Å². The van der Waals surface area contributed by atoms with Crippen LogP contribution < -0.4 is 10.1 Å². The summed E-state index contributed by atoms with van der Waals surface area (Å²) in [6.07, 6.45) is 7.01. The fourth-order valence-corrected chi connectivity index (χ4v) is 5.85. The van der Waals surface area contributed by atoms with E-state index in [2.05, 4.69) is 11.4 Å². The smallest absolute Gasteiger partial charge is 0.344 e. The van der Waals surface area contributed by atoms with E-state index in [-0.39, 0.29) is 25.0 Å². The number of esters is 1. The minimum atomic E-state index is -0.767. The molecule has 2 fully saturated rings. The molecule has 0 heterocycles. The highest BCUT2D eigenvalue weighted by molar-refractivity contribution is 5.72. The average Bonchev–Trinajstić information content (AvgIpc) is 3.14. The maximum atomic E-state index is 12.1. The van der Waals surface area contributed by atoms with Gasteiger partial charge in [0.15, 0.2) is 6.61 Å². The van der Waals surface area contributed by atoms with Crippen LogP contribution in [0.4, 0.5) is 0 Å². The van der Waals surface area contributed by atoms with Gasteiger partial charge < -0.3 is 19.7 Å². The van der Waals surface area contributed by atoms with Gasteiger partial charge in [-0.2, -0.15) is 0 Å². The number of hydrogen-bond acceptors (Lipinski definition) is 6. The molecular formula is C25H35NO6. The van der Waals surface area contributed by atoms with Crippen LogP contribution in [0.5, 0.6) is 5.75 Å². The van der Waals surface area contributed by atoms with Gasteiger partial charge >= 0.3 is 11.9 Å². The van der Waals surface area contributed by atoms with E-state index >= 15 is 0 Å². The number of nitrogens with one attached hydrogen (secondary N) is 1. The monoisotopic (exact) mass is 445 g/mol. The van der Waals surface area contributed by atoms with Gasteiger partial charge in [-0.15, -0.1) is 0 Å². The van der Waals surface area contributed by atoms with E-state index < -0.39 is 18.2 Å². The van der Waals surface area contributed by atoms with Crippen molar-refractivity contribution in [3.8, 4) is 5.75 Å². The van der Waals surface area contributed by atoms with Crippen LogP contribution in [-0.4, -0.2) is 48.6 Å². The predicted molar refractivity (Wildman–Crippen MR) is 118 cm³/mol. The minimum absolute atomic E-state index is 0.121. The number of hydrogen-bond donors (Lipinski definition) is 3. The van der Waals surface area contributed by atoms with E-state index in [1.165, 1.54) is 24.0 Å². The largest absolute Gasteiger partial charge is 0.482 e. The second kappa shape index (κ2) is 10.2. The lowest BCUT2D eigenvalue weighted by Crippen LogP contribution is -2.34. The van der Waals surface area contributed by atoms with Gasteiger partial charge in [-0.1, -0.05) is 12.1 Å². The maximum absolute atomic E-state index is 12.1. The van der Waals surface area contributed by atoms with Crippen LogP contribution in [0.3, 0.4) is 0 Å². The topological polar surface area (TPSA) is 105 Å². The second-order valence-electron chi connectivity index (χ2n) is 9.79. The molecule has 4 rings (SSSR count). The zero-order chi connectivity index (χ0) is 22.7. The molecule has 7 heteroatoms. The molecule has 7 nitrogen and oxygen atoms in total. The van der Waals surface area contributed by atoms with Gasteiger partial charge in [0, 0.05) is 0 Å². The van der Waals surface area contributed by atoms with Crippen molar-refractivity contribution in [2.75, 3.05) is 20.3 Å². The van der Waals surface area contributed by atoms with Crippen LogP contribution >= 0.6 is 0 Å². The van der Waals surface area contributed by atoms with Gasteiger partial charge in [-0.3, -0.25) is 10.1 Å². The van der Waals surface area contributed by atoms with E-state index in [0.717, 1.165) is 31.4 Å². The SMILES string of the molecule is CNC(O)CCC1CCC2Cc3c(cccc3OCC(=O)OCC3CC(C(=O)O)C3)CC12. The first kappa shape index (κ1) is 23.1. The highest BCUT2D eigenvalue weighted by atomic mass is 16.6. The van der Waals surface area contributed by atoms with Gasteiger partial charge in [-0.25, -0.2) is 4.79 Å². The molecule has 0 amide bonds. The zero-order valence-corrected chi connectivity index (χ0v) is 18.8. The van der Waals surface area contributed by atoms with Crippen molar-refractivity contribution in [1.29, 1.82) is 0 Å². The van der Waals surface area contributed by atoms with Crippen LogP contribution in [-0.2, 0) is 27.2 Å². The standard InChI is InChI=1S/C25H35NO6/c1-26-23(27)8-7-16-5-6-18-12-21-17(11-20(16)18)3-2-4-22(21)31-14-24(28)32-13-15-9-19(10-15)25(29)30/h2-4,15-16,18-20,23,26-27H,5-14H2,1H3,(H,29,30). The summed E-state index contributed by atoms with van der Waals surface area (Å²) in [6.45, 7) is 0.149. The number of carboxylic acid groups (broad SMARTS) is 1. The molecule has 0 aliphatic heterocycles. The van der Waals surface area contributed by atoms with E-state index in [4.69, 9.17) is 14.6 Å². The van der Waals surface area contributed by atoms with Crippen molar-refractivity contribution in [1.82, 2.24) is 5.32 Å². The molecule has 0 spiro atoms. The van der Waals surface area contributed by atoms with E-state index in [9.17, 15) is 14.7 Å². The lowest BCUT2D eigenvalue weighted by Gasteiger charge is -2.32. The first-order valence-electron chi connectivity index (χ1n) is 11.9. The Morgan fingerprint density at radius 1 is 1.22 bits per heavy atom. The lowest BCUT2D eigenvalue weighted by molar-refractivity contribution is -0.152. The third-order valence-electron chi connectivity index (χ3n) is 7.83. The highest BCUT2D eigenvalue weighted by Gasteiger charge is 2.40. The molecule has 0 bridgehead atoms. The van der Waals surface area contributed by atoms with E-state index in [0.29, 0.717) is 30.6 Å². The van der Waals surface area contributed by atoms with Crippen LogP contribution in [0.2, 0.25) is 0 Å². The Morgan fingerprint density at radius 3 is 2.78 bits per heavy atom. The van der Waals surface area contributed by atoms with Gasteiger partial charge in [0.05, 0.1) is 12.5 Å². The molecule has 32 heavy (non-hydrogen) atoms. The van der Waals surface area contributed by atoms with Crippen molar-refractivity contribution in [2.45, 2.75) is 57.6 Å². The quantitative estimate of drug-likeness (QED) is 0.376. The molecule has 2 saturated carbocycles. The molecule has 0 aromatic heterocycles. The lowest BCUT2D eigenvalue weighted by atomic mass is 9.73. The van der Waals surface area contributed by atoms with Crippen LogP contribution in [0, 0.1) is 29.6 Å². The molecule has 4 unspecified atom stereocenters. The summed E-state index contributed by atoms with van der Waals surface area (Å²) in [5.41, 5.74) is 2.54. The number of fused-ring (bicyclic) bond motifs is 2. The molecule has 3 aliphatic rings. The van der Waals surface area contributed by atoms with Crippen molar-refractivity contribution < 1.29 is 29.3 Å². The Kier molecular flexibility index (Phi) is 7.36. The zero-order valence-electron chi connectivity index (χ0n) is 18.8. The fourth-order valence-electron chi connectivity index (χ4n) is 5.85. The van der Waals surface area contributed by atoms with Crippen molar-refractivity contribution in [3.63, 3.8) is 0 Å². The number of carbonyl (C=O) groups excluding carboxylic acids is 1. The average molecular weight is 446 g/mol. The first-order valence-corrected chi connectivity index (χ1v) is 11.9. The number of rotatable bonds is 10. The Bertz CT molecular complexity index is 821. The van der Waals surface area contributed by atoms with Gasteiger partial charge in [0.25, 0.3) is 0 Å². The Labute approximate surface area is 189 Å². The molecule has 3 N–H and O–H groups in total. The molecule has 176 valence electrons. The molecular weight excluding hydrogens is 410 g/mol. The highest BCUT2D eigenvalue weighted by Crippen LogP contribution is 2.48. The van der Waals surface area contributed by atoms with Crippen molar-refractivity contribution in [2.24, 2.45) is 29.6 Å². The maximum Gasteiger partial charge on any atom is 0.344 e. The molecule has 4 atom stereocenters. The second-order valence-corrected chi connectivity index (χ2v) is 9.79. The summed E-state index contributed by atoms with van der Waals surface area (Å²) in [6, 6.07) is 6.10. The summed E-state index contributed by atoms with van der Waals surface area (Å²) >= 11 is 0. The molecule has 0 saturated heterocycles. The number of aliphatic carboxylic acids is 1. The number of benzene rings is 1. The summed E-state index contributed by atoms with van der Waals surface area (Å²) in [5, 5.41) is 21.7. The molecule has 1 aromatic carbocycles. The Hall–Kier alpha value is -2.12. The van der Waals surface area contributed by atoms with E-state index in [1.54, 1.807) is 7.05 Å². The third-order valence-corrected chi connectivity index (χ3v) is 7.83. The summed E-state index contributed by atoms with van der Waals surface area (Å²) in [4.78, 5) is 23.0. The Balaban J connectivity index is 1.27. The van der Waals surface area contributed by atoms with Gasteiger partial charge in [-0.05, 0) is 99.3 Å². The fraction of sp³-hybridized carbons (Fsp3) is 0.680. The number of carbonyl (C=O) groups is 2. The summed E-state index contributed by atoms with van der Waals surface area (Å²) in [5.74, 6) is 1.41. The minimum Gasteiger partial charge on any atom is -0.482 e. The van der Waals surface area contributed by atoms with Crippen LogP contribution in [0.1, 0.15) is 49.7 Å². The van der Waals surface area contributed by atoms with Gasteiger partial charge in [0.2, 0.25) is 0 Å². The first-order chi connectivity index (χ1) is 15.4. The van der Waals surface area contributed by atoms with Gasteiger partial charge in [0.1, 0.15) is 12.0 Å².